The molecule has 0 saturated heterocycles. The van der Waals surface area contributed by atoms with E-state index in [2.05, 4.69) is 29.2 Å². The van der Waals surface area contributed by atoms with E-state index in [1.54, 1.807) is 0 Å². The molecule has 0 aromatic carbocycles. The van der Waals surface area contributed by atoms with Gasteiger partial charge in [-0.25, -0.2) is 4.18 Å². The summed E-state index contributed by atoms with van der Waals surface area (Å²) in [6.07, 6.45) is 12.8. The van der Waals surface area contributed by atoms with Crippen LogP contribution in [0.25, 0.3) is 10.4 Å². The highest BCUT2D eigenvalue weighted by atomic mass is 32.3. The van der Waals surface area contributed by atoms with Gasteiger partial charge < -0.3 is 10.4 Å². The first-order chi connectivity index (χ1) is 20.9. The molecule has 4 fully saturated rings. The van der Waals surface area contributed by atoms with E-state index in [1.807, 2.05) is 13.8 Å². The summed E-state index contributed by atoms with van der Waals surface area (Å²) in [5.41, 5.74) is 9.97. The Labute approximate surface area is 266 Å². The second kappa shape index (κ2) is 16.1. The maximum absolute atomic E-state index is 11.7. The van der Waals surface area contributed by atoms with Crippen LogP contribution in [-0.2, 0) is 14.6 Å². The average Bonchev–Trinajstić information content (AvgIpc) is 3.40. The highest BCUT2D eigenvalue weighted by Gasteiger charge is 2.59. The van der Waals surface area contributed by atoms with Crippen LogP contribution in [0.1, 0.15) is 111 Å². The van der Waals surface area contributed by atoms with Crippen LogP contribution < -0.4 is 5.32 Å². The number of aliphatic imine (C=N–C) groups is 1. The summed E-state index contributed by atoms with van der Waals surface area (Å²) >= 11 is 0. The second-order valence-electron chi connectivity index (χ2n) is 15.1. The van der Waals surface area contributed by atoms with Crippen molar-refractivity contribution < 1.29 is 22.3 Å². The Bertz CT molecular complexity index is 1110. The second-order valence-corrected chi connectivity index (χ2v) is 16.2. The first-order valence-corrected chi connectivity index (χ1v) is 18.9. The fraction of sp³-hybridized carbons (Fsp3) is 0.970. The minimum absolute atomic E-state index is 0.0122. The molecule has 0 bridgehead atoms. The quantitative estimate of drug-likeness (QED) is 0.0544. The summed E-state index contributed by atoms with van der Waals surface area (Å²) in [4.78, 5) is 7.81. The molecule has 4 aliphatic carbocycles. The molecule has 0 spiro atoms. The van der Waals surface area contributed by atoms with Gasteiger partial charge in [0.1, 0.15) is 0 Å². The minimum Gasteiger partial charge on any atom is -0.393 e. The number of rotatable bonds is 16. The Kier molecular flexibility index (Phi) is 13.0. The molecular weight excluding hydrogens is 578 g/mol. The van der Waals surface area contributed by atoms with Crippen LogP contribution >= 0.6 is 0 Å². The Morgan fingerprint density at radius 2 is 1.82 bits per heavy atom. The van der Waals surface area contributed by atoms with Gasteiger partial charge in [0, 0.05) is 23.7 Å². The molecule has 252 valence electrons. The van der Waals surface area contributed by atoms with Crippen molar-refractivity contribution in [2.45, 2.75) is 123 Å². The summed E-state index contributed by atoms with van der Waals surface area (Å²) < 4.78 is 36.9. The molecule has 0 aromatic heterocycles. The lowest BCUT2D eigenvalue weighted by Gasteiger charge is -2.60. The fourth-order valence-electron chi connectivity index (χ4n) is 9.93. The predicted molar refractivity (Wildman–Crippen MR) is 175 cm³/mol. The van der Waals surface area contributed by atoms with Crippen molar-refractivity contribution in [2.75, 3.05) is 26.2 Å². The van der Waals surface area contributed by atoms with Gasteiger partial charge in [0.2, 0.25) is 0 Å². The zero-order chi connectivity index (χ0) is 31.9. The monoisotopic (exact) mass is 637 g/mol. The number of hydrogen-bond acceptors (Lipinski definition) is 7. The largest absolute Gasteiger partial charge is 0.397 e. The standard InChI is InChI=1S/C33H59N5O5S/c1-22(2)31(43-44(40,41)42)13-8-23(3)26-9-10-28-27(26)11-12-29-32(28)30(39)21-24-20-25(14-15-33(24,29)4)36-18-7-17-35-16-5-6-19-37-38-34/h22-24,26-32,35,39H,5-21H2,1-4H3,(H,40,41,42)/t23-,24-,26-,27?,28?,29?,30-,31-,32?,33+/m1/s1. The summed E-state index contributed by atoms with van der Waals surface area (Å²) in [7, 11) is -4.45. The van der Waals surface area contributed by atoms with E-state index in [1.165, 1.54) is 37.8 Å². The summed E-state index contributed by atoms with van der Waals surface area (Å²) in [5, 5.41) is 18.7. The van der Waals surface area contributed by atoms with Crippen molar-refractivity contribution in [3.8, 4) is 0 Å². The summed E-state index contributed by atoms with van der Waals surface area (Å²) in [6.45, 7) is 12.1. The van der Waals surface area contributed by atoms with E-state index in [4.69, 9.17) is 14.7 Å². The first kappa shape index (κ1) is 35.6. The van der Waals surface area contributed by atoms with Gasteiger partial charge in [-0.3, -0.25) is 9.55 Å². The van der Waals surface area contributed by atoms with E-state index in [0.717, 1.165) is 64.6 Å². The smallest absolute Gasteiger partial charge is 0.393 e. The molecular formula is C33H59N5O5S. The first-order valence-electron chi connectivity index (χ1n) is 17.5. The molecule has 10 nitrogen and oxygen atoms in total. The van der Waals surface area contributed by atoms with Crippen molar-refractivity contribution in [3.63, 3.8) is 0 Å². The number of aliphatic hydroxyl groups is 1. The molecule has 10 atom stereocenters. The van der Waals surface area contributed by atoms with Crippen LogP contribution in [0.15, 0.2) is 10.1 Å². The van der Waals surface area contributed by atoms with Gasteiger partial charge in [0.15, 0.2) is 0 Å². The van der Waals surface area contributed by atoms with E-state index in [0.29, 0.717) is 54.4 Å². The normalized spacial score (nSPS) is 35.9. The number of nitrogens with one attached hydrogen (secondary N) is 1. The lowest BCUT2D eigenvalue weighted by atomic mass is 9.46. The van der Waals surface area contributed by atoms with Gasteiger partial charge in [-0.2, -0.15) is 8.42 Å². The molecule has 4 saturated carbocycles. The SMILES string of the molecule is CC(C)[C@@H](CC[C@@H](C)[C@H]1CCC2C3C(CCC21)[C@@]1(C)CCC(=NCCCNCCCCN=[N+]=[N-])C[C@@H]1C[C@H]3O)OS(=O)(=O)O. The van der Waals surface area contributed by atoms with E-state index in [9.17, 15) is 18.1 Å². The molecule has 4 rings (SSSR count). The Morgan fingerprint density at radius 1 is 1.07 bits per heavy atom. The number of unbranched alkanes of at least 4 members (excludes halogenated alkanes) is 1. The van der Waals surface area contributed by atoms with Crippen molar-refractivity contribution in [1.29, 1.82) is 0 Å². The number of hydrogen-bond donors (Lipinski definition) is 3. The highest BCUT2D eigenvalue weighted by molar-refractivity contribution is 7.80. The molecule has 0 radical (unpaired) electrons. The topological polar surface area (TPSA) is 157 Å². The van der Waals surface area contributed by atoms with Crippen molar-refractivity contribution in [2.24, 2.45) is 62.9 Å². The van der Waals surface area contributed by atoms with Crippen LogP contribution in [0.4, 0.5) is 0 Å². The highest BCUT2D eigenvalue weighted by Crippen LogP contribution is 2.64. The van der Waals surface area contributed by atoms with Crippen LogP contribution in [-0.4, -0.2) is 62.2 Å². The number of fused-ring (bicyclic) bond motifs is 5. The third-order valence-electron chi connectivity index (χ3n) is 12.3. The minimum atomic E-state index is -4.45. The van der Waals surface area contributed by atoms with E-state index < -0.39 is 16.5 Å². The Morgan fingerprint density at radius 3 is 2.55 bits per heavy atom. The molecule has 4 aliphatic rings. The Balaban J connectivity index is 1.27. The zero-order valence-corrected chi connectivity index (χ0v) is 28.4. The molecule has 4 unspecified atom stereocenters. The fourth-order valence-corrected chi connectivity index (χ4v) is 10.6. The number of azide groups is 1. The molecule has 0 aliphatic heterocycles. The third kappa shape index (κ3) is 8.97. The Hall–Kier alpha value is -1.23. The molecule has 0 heterocycles. The van der Waals surface area contributed by atoms with Gasteiger partial charge >= 0.3 is 10.4 Å². The van der Waals surface area contributed by atoms with Crippen molar-refractivity contribution >= 4 is 16.1 Å². The van der Waals surface area contributed by atoms with E-state index >= 15 is 0 Å². The van der Waals surface area contributed by atoms with Crippen LogP contribution in [0.3, 0.4) is 0 Å². The molecule has 3 N–H and O–H groups in total. The summed E-state index contributed by atoms with van der Waals surface area (Å²) in [6, 6.07) is 0. The van der Waals surface area contributed by atoms with Crippen LogP contribution in [0.5, 0.6) is 0 Å². The number of nitrogens with zero attached hydrogens (tertiary/aromatic N) is 4. The predicted octanol–water partition coefficient (Wildman–Crippen LogP) is 7.00. The molecule has 11 heteroatoms. The zero-order valence-electron chi connectivity index (χ0n) is 27.6. The lowest BCUT2D eigenvalue weighted by Crippen LogP contribution is -2.56. The molecule has 44 heavy (non-hydrogen) atoms. The number of aliphatic hydroxyl groups excluding tert-OH is 1. The van der Waals surface area contributed by atoms with Crippen molar-refractivity contribution in [1.82, 2.24) is 5.32 Å². The van der Waals surface area contributed by atoms with Gasteiger partial charge in [-0.1, -0.05) is 32.8 Å². The van der Waals surface area contributed by atoms with Crippen LogP contribution in [0.2, 0.25) is 0 Å². The molecule has 0 aromatic rings. The van der Waals surface area contributed by atoms with Gasteiger partial charge in [0.05, 0.1) is 12.2 Å². The molecule has 0 amide bonds. The maximum atomic E-state index is 11.7. The average molecular weight is 638 g/mol. The lowest BCUT2D eigenvalue weighted by molar-refractivity contribution is -0.137. The van der Waals surface area contributed by atoms with Gasteiger partial charge in [-0.15, -0.1) is 0 Å². The van der Waals surface area contributed by atoms with Crippen molar-refractivity contribution in [3.05, 3.63) is 10.4 Å². The van der Waals surface area contributed by atoms with Crippen LogP contribution in [0, 0.1) is 52.8 Å². The van der Waals surface area contributed by atoms with E-state index in [-0.39, 0.29) is 17.4 Å². The van der Waals surface area contributed by atoms with Gasteiger partial charge in [-0.05, 0) is 155 Å². The summed E-state index contributed by atoms with van der Waals surface area (Å²) in [5.74, 6) is 3.81. The van der Waals surface area contributed by atoms with Gasteiger partial charge in [0.25, 0.3) is 0 Å². The third-order valence-corrected chi connectivity index (χ3v) is 12.8. The maximum Gasteiger partial charge on any atom is 0.397 e.